The molecule has 0 unspecified atom stereocenters. The van der Waals surface area contributed by atoms with Gasteiger partial charge in [0.2, 0.25) is 0 Å². The molecule has 0 aliphatic carbocycles. The van der Waals surface area contributed by atoms with E-state index in [-0.39, 0.29) is 0 Å². The summed E-state index contributed by atoms with van der Waals surface area (Å²) in [5.74, 6) is -1.04. The summed E-state index contributed by atoms with van der Waals surface area (Å²) in [5.41, 5.74) is 0. The molecule has 6 heteroatoms. The van der Waals surface area contributed by atoms with Crippen molar-refractivity contribution in [1.29, 1.82) is 0 Å². The van der Waals surface area contributed by atoms with Gasteiger partial charge in [-0.25, -0.2) is 4.79 Å². The molecule has 17 heavy (non-hydrogen) atoms. The van der Waals surface area contributed by atoms with Crippen molar-refractivity contribution in [2.75, 3.05) is 26.2 Å². The van der Waals surface area contributed by atoms with Crippen LogP contribution in [0.2, 0.25) is 0 Å². The van der Waals surface area contributed by atoms with Gasteiger partial charge < -0.3 is 20.6 Å². The van der Waals surface area contributed by atoms with Crippen molar-refractivity contribution in [3.8, 4) is 0 Å². The molecule has 0 saturated carbocycles. The summed E-state index contributed by atoms with van der Waals surface area (Å²) in [6, 6.07) is -1.31. The molecule has 100 valence electrons. The second kappa shape index (κ2) is 8.81. The lowest BCUT2D eigenvalue weighted by molar-refractivity contribution is -0.138. The molecule has 0 bridgehead atoms. The van der Waals surface area contributed by atoms with E-state index < -0.39 is 18.0 Å². The number of nitrogens with one attached hydrogen (secondary N) is 2. The lowest BCUT2D eigenvalue weighted by atomic mass is 10.3. The van der Waals surface area contributed by atoms with E-state index in [1.54, 1.807) is 0 Å². The summed E-state index contributed by atoms with van der Waals surface area (Å²) in [6.07, 6.45) is 1.08. The van der Waals surface area contributed by atoms with E-state index in [1.807, 2.05) is 0 Å². The molecular formula is C11H23N3O3. The highest BCUT2D eigenvalue weighted by atomic mass is 16.4. The Morgan fingerprint density at radius 3 is 2.41 bits per heavy atom. The first kappa shape index (κ1) is 15.7. The molecule has 0 aliphatic heterocycles. The lowest BCUT2D eigenvalue weighted by Gasteiger charge is -2.19. The molecule has 0 saturated heterocycles. The molecule has 0 radical (unpaired) electrons. The lowest BCUT2D eigenvalue weighted by Crippen LogP contribution is -2.46. The van der Waals surface area contributed by atoms with E-state index in [0.717, 1.165) is 26.1 Å². The molecule has 0 aromatic heterocycles. The molecular weight excluding hydrogens is 222 g/mol. The van der Waals surface area contributed by atoms with Gasteiger partial charge in [-0.15, -0.1) is 0 Å². The van der Waals surface area contributed by atoms with Crippen LogP contribution in [-0.2, 0) is 4.79 Å². The number of likely N-dealkylation sites (N-methyl/N-ethyl adjacent to an activating group) is 1. The third-order valence-corrected chi connectivity index (χ3v) is 2.42. The fraction of sp³-hybridized carbons (Fsp3) is 0.818. The van der Waals surface area contributed by atoms with Crippen molar-refractivity contribution in [3.05, 3.63) is 0 Å². The molecule has 6 nitrogen and oxygen atoms in total. The van der Waals surface area contributed by atoms with E-state index >= 15 is 0 Å². The highest BCUT2D eigenvalue weighted by molar-refractivity contribution is 5.82. The third kappa shape index (κ3) is 7.57. The van der Waals surface area contributed by atoms with Crippen LogP contribution in [0.4, 0.5) is 4.79 Å². The largest absolute Gasteiger partial charge is 0.480 e. The molecule has 0 spiro atoms. The first-order valence-corrected chi connectivity index (χ1v) is 6.00. The van der Waals surface area contributed by atoms with Crippen molar-refractivity contribution in [2.24, 2.45) is 0 Å². The maximum Gasteiger partial charge on any atom is 0.325 e. The minimum absolute atomic E-state index is 0.438. The monoisotopic (exact) mass is 245 g/mol. The topological polar surface area (TPSA) is 81.7 Å². The van der Waals surface area contributed by atoms with Crippen molar-refractivity contribution >= 4 is 12.0 Å². The molecule has 0 rings (SSSR count). The van der Waals surface area contributed by atoms with Crippen LogP contribution >= 0.6 is 0 Å². The van der Waals surface area contributed by atoms with Gasteiger partial charge in [-0.3, -0.25) is 4.79 Å². The number of carboxylic acids is 1. The SMILES string of the molecule is CCCN(CC)CCNC(=O)N[C@@H](C)C(=O)O. The van der Waals surface area contributed by atoms with E-state index in [1.165, 1.54) is 6.92 Å². The average molecular weight is 245 g/mol. The number of amides is 2. The van der Waals surface area contributed by atoms with Crippen LogP contribution < -0.4 is 10.6 Å². The standard InChI is InChI=1S/C11H23N3O3/c1-4-7-14(5-2)8-6-12-11(17)13-9(3)10(15)16/h9H,4-8H2,1-3H3,(H,15,16)(H2,12,13,17)/t9-/m0/s1. The Balaban J connectivity index is 3.73. The van der Waals surface area contributed by atoms with Gasteiger partial charge in [0.25, 0.3) is 0 Å². The third-order valence-electron chi connectivity index (χ3n) is 2.42. The van der Waals surface area contributed by atoms with E-state index in [4.69, 9.17) is 5.11 Å². The first-order chi connectivity index (χ1) is 8.01. The minimum Gasteiger partial charge on any atom is -0.480 e. The van der Waals surface area contributed by atoms with Crippen LogP contribution in [0.1, 0.15) is 27.2 Å². The molecule has 0 fully saturated rings. The Bertz CT molecular complexity index is 246. The number of carbonyl (C=O) groups excluding carboxylic acids is 1. The second-order valence-corrected chi connectivity index (χ2v) is 3.89. The highest BCUT2D eigenvalue weighted by Crippen LogP contribution is 1.89. The highest BCUT2D eigenvalue weighted by Gasteiger charge is 2.13. The summed E-state index contributed by atoms with van der Waals surface area (Å²) >= 11 is 0. The fourth-order valence-electron chi connectivity index (χ4n) is 1.38. The Hall–Kier alpha value is -1.30. The van der Waals surface area contributed by atoms with E-state index in [0.29, 0.717) is 6.54 Å². The zero-order chi connectivity index (χ0) is 13.3. The number of nitrogens with zero attached hydrogens (tertiary/aromatic N) is 1. The molecule has 2 amide bonds. The Kier molecular flexibility index (Phi) is 8.13. The van der Waals surface area contributed by atoms with Crippen LogP contribution in [-0.4, -0.2) is 54.2 Å². The van der Waals surface area contributed by atoms with Crippen molar-refractivity contribution in [2.45, 2.75) is 33.2 Å². The molecule has 0 aromatic rings. The first-order valence-electron chi connectivity index (χ1n) is 6.00. The summed E-state index contributed by atoms with van der Waals surface area (Å²) in [4.78, 5) is 24.0. The van der Waals surface area contributed by atoms with Crippen LogP contribution in [0.15, 0.2) is 0 Å². The minimum atomic E-state index is -1.04. The second-order valence-electron chi connectivity index (χ2n) is 3.89. The normalized spacial score (nSPS) is 12.2. The molecule has 3 N–H and O–H groups in total. The zero-order valence-electron chi connectivity index (χ0n) is 10.8. The summed E-state index contributed by atoms with van der Waals surface area (Å²) in [5, 5.41) is 13.6. The van der Waals surface area contributed by atoms with E-state index in [9.17, 15) is 9.59 Å². The number of urea groups is 1. The van der Waals surface area contributed by atoms with Gasteiger partial charge in [0, 0.05) is 13.1 Å². The molecule has 0 heterocycles. The Morgan fingerprint density at radius 2 is 1.94 bits per heavy atom. The smallest absolute Gasteiger partial charge is 0.325 e. The van der Waals surface area contributed by atoms with Gasteiger partial charge in [0.05, 0.1) is 0 Å². The van der Waals surface area contributed by atoms with Crippen molar-refractivity contribution in [1.82, 2.24) is 15.5 Å². The Morgan fingerprint density at radius 1 is 1.29 bits per heavy atom. The van der Waals surface area contributed by atoms with Crippen molar-refractivity contribution < 1.29 is 14.7 Å². The van der Waals surface area contributed by atoms with Gasteiger partial charge in [-0.1, -0.05) is 13.8 Å². The number of carbonyl (C=O) groups is 2. The van der Waals surface area contributed by atoms with Gasteiger partial charge in [0.1, 0.15) is 6.04 Å². The van der Waals surface area contributed by atoms with Gasteiger partial charge in [0.15, 0.2) is 0 Å². The van der Waals surface area contributed by atoms with Crippen LogP contribution in [0.5, 0.6) is 0 Å². The number of aliphatic carboxylic acids is 1. The summed E-state index contributed by atoms with van der Waals surface area (Å²) in [7, 11) is 0. The molecule has 0 aromatic carbocycles. The maximum atomic E-state index is 11.3. The average Bonchev–Trinajstić information content (AvgIpc) is 2.27. The fourth-order valence-corrected chi connectivity index (χ4v) is 1.38. The number of hydrogen-bond donors (Lipinski definition) is 3. The van der Waals surface area contributed by atoms with Crippen LogP contribution in [0.3, 0.4) is 0 Å². The summed E-state index contributed by atoms with van der Waals surface area (Å²) in [6.45, 7) is 8.86. The Labute approximate surface area is 102 Å². The summed E-state index contributed by atoms with van der Waals surface area (Å²) < 4.78 is 0. The zero-order valence-corrected chi connectivity index (χ0v) is 10.8. The predicted molar refractivity (Wildman–Crippen MR) is 66.0 cm³/mol. The predicted octanol–water partition coefficient (Wildman–Crippen LogP) is 0.491. The molecule has 0 aliphatic rings. The van der Waals surface area contributed by atoms with Crippen LogP contribution in [0.25, 0.3) is 0 Å². The number of rotatable bonds is 8. The van der Waals surface area contributed by atoms with E-state index in [2.05, 4.69) is 29.4 Å². The van der Waals surface area contributed by atoms with Crippen molar-refractivity contribution in [3.63, 3.8) is 0 Å². The van der Waals surface area contributed by atoms with Gasteiger partial charge >= 0.3 is 12.0 Å². The van der Waals surface area contributed by atoms with Gasteiger partial charge in [-0.05, 0) is 26.4 Å². The quantitative estimate of drug-likeness (QED) is 0.581. The molecule has 1 atom stereocenters. The van der Waals surface area contributed by atoms with Crippen LogP contribution in [0, 0.1) is 0 Å². The maximum absolute atomic E-state index is 11.3. The number of hydrogen-bond acceptors (Lipinski definition) is 3. The number of carboxylic acid groups (broad SMARTS) is 1. The van der Waals surface area contributed by atoms with Gasteiger partial charge in [-0.2, -0.15) is 0 Å².